The molecule has 0 unspecified atom stereocenters. The zero-order valence-corrected chi connectivity index (χ0v) is 14.4. The van der Waals surface area contributed by atoms with Crippen LogP contribution in [-0.2, 0) is 17.7 Å². The Morgan fingerprint density at radius 2 is 2.24 bits per heavy atom. The Labute approximate surface area is 138 Å². The van der Waals surface area contributed by atoms with Gasteiger partial charge in [-0.2, -0.15) is 0 Å². The Morgan fingerprint density at radius 1 is 1.38 bits per heavy atom. The van der Waals surface area contributed by atoms with Crippen molar-refractivity contribution in [3.8, 4) is 0 Å². The molecular formula is C16H20BrClN2O. The van der Waals surface area contributed by atoms with Crippen LogP contribution in [-0.4, -0.2) is 28.6 Å². The van der Waals surface area contributed by atoms with Gasteiger partial charge in [0.2, 0.25) is 0 Å². The predicted molar refractivity (Wildman–Crippen MR) is 90.0 cm³/mol. The number of ether oxygens (including phenoxy) is 1. The highest BCUT2D eigenvalue weighted by Crippen LogP contribution is 2.28. The maximum Gasteiger partial charge on any atom is 0.111 e. The van der Waals surface area contributed by atoms with Crippen LogP contribution in [0, 0.1) is 5.92 Å². The van der Waals surface area contributed by atoms with Gasteiger partial charge >= 0.3 is 0 Å². The molecule has 3 rings (SSSR count). The normalized spacial score (nSPS) is 15.0. The summed E-state index contributed by atoms with van der Waals surface area (Å²) in [6, 6.07) is 6.25. The molecule has 5 heteroatoms. The molecule has 1 aliphatic carbocycles. The average molecular weight is 372 g/mol. The fourth-order valence-corrected chi connectivity index (χ4v) is 3.05. The van der Waals surface area contributed by atoms with Crippen molar-refractivity contribution < 1.29 is 4.74 Å². The maximum atomic E-state index is 5.91. The minimum atomic E-state index is 0.600. The molecule has 114 valence electrons. The van der Waals surface area contributed by atoms with Gasteiger partial charge in [-0.05, 0) is 43.4 Å². The van der Waals surface area contributed by atoms with Gasteiger partial charge in [0.1, 0.15) is 5.82 Å². The molecule has 2 aromatic rings. The number of aromatic nitrogens is 2. The van der Waals surface area contributed by atoms with Gasteiger partial charge in [0.15, 0.2) is 0 Å². The monoisotopic (exact) mass is 370 g/mol. The quantitative estimate of drug-likeness (QED) is 0.508. The molecule has 0 radical (unpaired) electrons. The molecule has 1 aliphatic rings. The van der Waals surface area contributed by atoms with Crippen LogP contribution in [0.4, 0.5) is 0 Å². The van der Waals surface area contributed by atoms with Crippen LogP contribution < -0.4 is 0 Å². The third kappa shape index (κ3) is 3.99. The number of rotatable bonds is 8. The number of benzene rings is 1. The Morgan fingerprint density at radius 3 is 3.00 bits per heavy atom. The van der Waals surface area contributed by atoms with Crippen LogP contribution in [0.25, 0.3) is 11.0 Å². The number of hydrogen-bond acceptors (Lipinski definition) is 2. The molecule has 21 heavy (non-hydrogen) atoms. The standard InChI is InChI=1S/C16H20BrClN2O/c17-13-4-5-15-14(10-13)19-16(6-7-18)20(15)8-1-9-21-11-12-2-3-12/h4-5,10,12H,1-3,6-9,11H2. The first-order valence-electron chi connectivity index (χ1n) is 7.56. The number of hydrogen-bond donors (Lipinski definition) is 0. The number of aryl methyl sites for hydroxylation is 2. The third-order valence-corrected chi connectivity index (χ3v) is 4.51. The second-order valence-corrected chi connectivity index (χ2v) is 6.92. The summed E-state index contributed by atoms with van der Waals surface area (Å²) >= 11 is 9.41. The Hall–Kier alpha value is -0.580. The lowest BCUT2D eigenvalue weighted by Gasteiger charge is -2.09. The molecule has 0 bridgehead atoms. The largest absolute Gasteiger partial charge is 0.381 e. The summed E-state index contributed by atoms with van der Waals surface area (Å²) in [6.45, 7) is 2.70. The van der Waals surface area contributed by atoms with Crippen molar-refractivity contribution in [3.05, 3.63) is 28.5 Å². The van der Waals surface area contributed by atoms with Crippen LogP contribution in [0.1, 0.15) is 25.1 Å². The molecular weight excluding hydrogens is 352 g/mol. The fraction of sp³-hybridized carbons (Fsp3) is 0.562. The minimum Gasteiger partial charge on any atom is -0.381 e. The summed E-state index contributed by atoms with van der Waals surface area (Å²) in [4.78, 5) is 4.71. The van der Waals surface area contributed by atoms with Gasteiger partial charge < -0.3 is 9.30 Å². The van der Waals surface area contributed by atoms with Gasteiger partial charge in [0.05, 0.1) is 11.0 Å². The first-order valence-corrected chi connectivity index (χ1v) is 8.89. The van der Waals surface area contributed by atoms with Crippen molar-refractivity contribution >= 4 is 38.6 Å². The summed E-state index contributed by atoms with van der Waals surface area (Å²) in [6.07, 6.45) is 4.52. The SMILES string of the molecule is ClCCc1nc2cc(Br)ccc2n1CCCOCC1CC1. The molecule has 0 aliphatic heterocycles. The van der Waals surface area contributed by atoms with Crippen LogP contribution in [0.2, 0.25) is 0 Å². The number of nitrogens with zero attached hydrogens (tertiary/aromatic N) is 2. The number of halogens is 2. The smallest absolute Gasteiger partial charge is 0.111 e. The molecule has 0 N–H and O–H groups in total. The number of imidazole rings is 1. The molecule has 0 amide bonds. The molecule has 1 aromatic heterocycles. The van der Waals surface area contributed by atoms with E-state index in [1.54, 1.807) is 0 Å². The lowest BCUT2D eigenvalue weighted by atomic mass is 10.3. The maximum absolute atomic E-state index is 5.91. The van der Waals surface area contributed by atoms with E-state index in [9.17, 15) is 0 Å². The molecule has 1 saturated carbocycles. The van der Waals surface area contributed by atoms with Crippen LogP contribution in [0.15, 0.2) is 22.7 Å². The van der Waals surface area contributed by atoms with Crippen molar-refractivity contribution in [2.75, 3.05) is 19.1 Å². The van der Waals surface area contributed by atoms with Crippen molar-refractivity contribution in [3.63, 3.8) is 0 Å². The van der Waals surface area contributed by atoms with E-state index >= 15 is 0 Å². The van der Waals surface area contributed by atoms with Crippen LogP contribution in [0.3, 0.4) is 0 Å². The lowest BCUT2D eigenvalue weighted by Crippen LogP contribution is -2.08. The van der Waals surface area contributed by atoms with Crippen molar-refractivity contribution in [2.24, 2.45) is 5.92 Å². The fourth-order valence-electron chi connectivity index (χ4n) is 2.54. The Balaban J connectivity index is 1.67. The molecule has 1 aromatic carbocycles. The highest BCUT2D eigenvalue weighted by molar-refractivity contribution is 9.10. The highest BCUT2D eigenvalue weighted by Gasteiger charge is 2.20. The number of fused-ring (bicyclic) bond motifs is 1. The number of alkyl halides is 1. The van der Waals surface area contributed by atoms with Crippen LogP contribution >= 0.6 is 27.5 Å². The molecule has 1 fully saturated rings. The minimum absolute atomic E-state index is 0.600. The van der Waals surface area contributed by atoms with Crippen molar-refractivity contribution in [2.45, 2.75) is 32.2 Å². The summed E-state index contributed by atoms with van der Waals surface area (Å²) in [5.74, 6) is 2.51. The van der Waals surface area contributed by atoms with Gasteiger partial charge in [-0.3, -0.25) is 0 Å². The first-order chi connectivity index (χ1) is 10.3. The second-order valence-electron chi connectivity index (χ2n) is 5.62. The van der Waals surface area contributed by atoms with E-state index in [1.165, 1.54) is 18.4 Å². The summed E-state index contributed by atoms with van der Waals surface area (Å²) in [5, 5.41) is 0. The van der Waals surface area contributed by atoms with Gasteiger partial charge in [-0.25, -0.2) is 4.98 Å². The van der Waals surface area contributed by atoms with Gasteiger partial charge in [0, 0.05) is 36.5 Å². The van der Waals surface area contributed by atoms with Crippen LogP contribution in [0.5, 0.6) is 0 Å². The Bertz CT molecular complexity index is 610. The topological polar surface area (TPSA) is 27.1 Å². The molecule has 0 atom stereocenters. The van der Waals surface area contributed by atoms with E-state index in [0.717, 1.165) is 54.3 Å². The van der Waals surface area contributed by atoms with Gasteiger partial charge in [-0.1, -0.05) is 15.9 Å². The summed E-state index contributed by atoms with van der Waals surface area (Å²) < 4.78 is 9.06. The lowest BCUT2D eigenvalue weighted by molar-refractivity contribution is 0.119. The van der Waals surface area contributed by atoms with Gasteiger partial charge in [-0.15, -0.1) is 11.6 Å². The highest BCUT2D eigenvalue weighted by atomic mass is 79.9. The Kier molecular flexibility index (Phi) is 5.19. The molecule has 1 heterocycles. The van der Waals surface area contributed by atoms with E-state index in [0.29, 0.717) is 5.88 Å². The van der Waals surface area contributed by atoms with Crippen molar-refractivity contribution in [1.29, 1.82) is 0 Å². The van der Waals surface area contributed by atoms with E-state index in [4.69, 9.17) is 21.3 Å². The zero-order valence-electron chi connectivity index (χ0n) is 12.0. The average Bonchev–Trinajstić information content (AvgIpc) is 3.22. The second kappa shape index (κ2) is 7.12. The predicted octanol–water partition coefficient (Wildman–Crippen LogP) is 4.40. The van der Waals surface area contributed by atoms with Gasteiger partial charge in [0.25, 0.3) is 0 Å². The summed E-state index contributed by atoms with van der Waals surface area (Å²) in [7, 11) is 0. The van der Waals surface area contributed by atoms with E-state index < -0.39 is 0 Å². The molecule has 3 nitrogen and oxygen atoms in total. The zero-order chi connectivity index (χ0) is 14.7. The van der Waals surface area contributed by atoms with E-state index in [1.807, 2.05) is 0 Å². The molecule has 0 saturated heterocycles. The summed E-state index contributed by atoms with van der Waals surface area (Å²) in [5.41, 5.74) is 2.21. The van der Waals surface area contributed by atoms with E-state index in [-0.39, 0.29) is 0 Å². The third-order valence-electron chi connectivity index (χ3n) is 3.83. The van der Waals surface area contributed by atoms with E-state index in [2.05, 4.69) is 38.7 Å². The first kappa shape index (κ1) is 15.3. The van der Waals surface area contributed by atoms with Crippen molar-refractivity contribution in [1.82, 2.24) is 9.55 Å². The molecule has 0 spiro atoms.